The maximum absolute atomic E-state index is 13.1. The van der Waals surface area contributed by atoms with E-state index in [1.54, 1.807) is 6.07 Å². The minimum Gasteiger partial charge on any atom is -0.252 e. The lowest BCUT2D eigenvalue weighted by molar-refractivity contribution is 0.149. The molecule has 0 aromatic carbocycles. The van der Waals surface area contributed by atoms with Crippen LogP contribution in [-0.4, -0.2) is 4.98 Å². The Labute approximate surface area is 89.3 Å². The predicted molar refractivity (Wildman–Crippen MR) is 48.0 cm³/mol. The number of pyridine rings is 1. The van der Waals surface area contributed by atoms with Gasteiger partial charge in [-0.25, -0.2) is 13.2 Å². The molecule has 0 radical (unpaired) electrons. The molecule has 0 saturated carbocycles. The van der Waals surface area contributed by atoms with Crippen LogP contribution in [0.15, 0.2) is 6.07 Å². The first-order valence-electron chi connectivity index (χ1n) is 3.99. The highest BCUT2D eigenvalue weighted by atomic mass is 35.5. The number of halogens is 4. The standard InChI is InChI=1S/C9H6ClF3N2/c10-4-8-6(11)3-5(9(12)13)7(15-8)1-2-14/h3,9H,1,4H2. The number of nitrogens with zero attached hydrogens (tertiary/aromatic N) is 2. The van der Waals surface area contributed by atoms with Crippen LogP contribution in [0.3, 0.4) is 0 Å². The summed E-state index contributed by atoms with van der Waals surface area (Å²) in [6.07, 6.45) is -3.14. The van der Waals surface area contributed by atoms with Gasteiger partial charge in [-0.15, -0.1) is 11.6 Å². The third kappa shape index (κ3) is 2.60. The molecule has 1 rings (SSSR count). The van der Waals surface area contributed by atoms with Gasteiger partial charge in [0.25, 0.3) is 6.43 Å². The van der Waals surface area contributed by atoms with Gasteiger partial charge in [0.15, 0.2) is 0 Å². The second-order valence-electron chi connectivity index (χ2n) is 2.72. The van der Waals surface area contributed by atoms with Crippen LogP contribution in [0.5, 0.6) is 0 Å². The van der Waals surface area contributed by atoms with Gasteiger partial charge in [-0.05, 0) is 6.07 Å². The number of hydrogen-bond acceptors (Lipinski definition) is 2. The summed E-state index contributed by atoms with van der Waals surface area (Å²) < 4.78 is 37.9. The van der Waals surface area contributed by atoms with Crippen LogP contribution in [-0.2, 0) is 12.3 Å². The largest absolute Gasteiger partial charge is 0.265 e. The highest BCUT2D eigenvalue weighted by Gasteiger charge is 2.17. The molecule has 0 aliphatic carbocycles. The van der Waals surface area contributed by atoms with Gasteiger partial charge in [0.05, 0.1) is 29.8 Å². The van der Waals surface area contributed by atoms with E-state index in [1.807, 2.05) is 0 Å². The molecule has 0 atom stereocenters. The Morgan fingerprint density at radius 1 is 1.47 bits per heavy atom. The number of alkyl halides is 3. The van der Waals surface area contributed by atoms with Gasteiger partial charge in [0.2, 0.25) is 0 Å². The molecule has 0 amide bonds. The SMILES string of the molecule is N#CCc1nc(CCl)c(F)cc1C(F)F. The van der Waals surface area contributed by atoms with Gasteiger partial charge >= 0.3 is 0 Å². The highest BCUT2D eigenvalue weighted by molar-refractivity contribution is 6.16. The third-order valence-corrected chi connectivity index (χ3v) is 2.02. The molecule has 0 aliphatic rings. The Hall–Kier alpha value is -1.28. The highest BCUT2D eigenvalue weighted by Crippen LogP contribution is 2.24. The molecule has 1 heterocycles. The Balaban J connectivity index is 3.26. The normalized spacial score (nSPS) is 10.4. The molecular formula is C9H6ClF3N2. The zero-order valence-corrected chi connectivity index (χ0v) is 8.23. The van der Waals surface area contributed by atoms with Gasteiger partial charge in [0, 0.05) is 5.56 Å². The second-order valence-corrected chi connectivity index (χ2v) is 2.99. The molecule has 0 N–H and O–H groups in total. The van der Waals surface area contributed by atoms with Crippen molar-refractivity contribution in [1.82, 2.24) is 4.98 Å². The Bertz CT molecular complexity index is 401. The first-order valence-corrected chi connectivity index (χ1v) is 4.52. The van der Waals surface area contributed by atoms with Crippen LogP contribution in [0, 0.1) is 17.1 Å². The molecule has 0 aliphatic heterocycles. The van der Waals surface area contributed by atoms with Gasteiger partial charge in [-0.2, -0.15) is 5.26 Å². The van der Waals surface area contributed by atoms with E-state index >= 15 is 0 Å². The van der Waals surface area contributed by atoms with Crippen LogP contribution in [0.4, 0.5) is 13.2 Å². The number of aromatic nitrogens is 1. The quantitative estimate of drug-likeness (QED) is 0.754. The maximum Gasteiger partial charge on any atom is 0.265 e. The zero-order valence-electron chi connectivity index (χ0n) is 7.48. The van der Waals surface area contributed by atoms with Crippen molar-refractivity contribution in [1.29, 1.82) is 5.26 Å². The second kappa shape index (κ2) is 4.99. The Morgan fingerprint density at radius 2 is 2.13 bits per heavy atom. The van der Waals surface area contributed by atoms with Crippen molar-refractivity contribution in [2.45, 2.75) is 18.7 Å². The molecule has 0 spiro atoms. The van der Waals surface area contributed by atoms with Crippen LogP contribution in [0.1, 0.15) is 23.4 Å². The summed E-state index contributed by atoms with van der Waals surface area (Å²) in [5.74, 6) is -1.09. The van der Waals surface area contributed by atoms with Gasteiger partial charge in [-0.1, -0.05) is 0 Å². The average molecular weight is 235 g/mol. The van der Waals surface area contributed by atoms with Crippen LogP contribution < -0.4 is 0 Å². The summed E-state index contributed by atoms with van der Waals surface area (Å²) >= 11 is 5.36. The molecule has 2 nitrogen and oxygen atoms in total. The third-order valence-electron chi connectivity index (χ3n) is 1.77. The summed E-state index contributed by atoms with van der Waals surface area (Å²) in [4.78, 5) is 3.59. The molecule has 6 heteroatoms. The van der Waals surface area contributed by atoms with E-state index in [-0.39, 0.29) is 23.7 Å². The monoisotopic (exact) mass is 234 g/mol. The fourth-order valence-corrected chi connectivity index (χ4v) is 1.27. The van der Waals surface area contributed by atoms with Crippen LogP contribution >= 0.6 is 11.6 Å². The molecule has 0 fully saturated rings. The Morgan fingerprint density at radius 3 is 2.60 bits per heavy atom. The fraction of sp³-hybridized carbons (Fsp3) is 0.333. The van der Waals surface area contributed by atoms with Crippen molar-refractivity contribution in [3.63, 3.8) is 0 Å². The number of nitriles is 1. The summed E-state index contributed by atoms with van der Waals surface area (Å²) in [5, 5.41) is 8.40. The predicted octanol–water partition coefficient (Wildman–Crippen LogP) is 2.96. The molecule has 1 aromatic rings. The van der Waals surface area contributed by atoms with Gasteiger partial charge < -0.3 is 0 Å². The lowest BCUT2D eigenvalue weighted by Gasteiger charge is -2.07. The van der Waals surface area contributed by atoms with Crippen LogP contribution in [0.2, 0.25) is 0 Å². The van der Waals surface area contributed by atoms with Gasteiger partial charge in [0.1, 0.15) is 5.82 Å². The fourth-order valence-electron chi connectivity index (χ4n) is 1.08. The van der Waals surface area contributed by atoms with Crippen molar-refractivity contribution < 1.29 is 13.2 Å². The maximum atomic E-state index is 13.1. The van der Waals surface area contributed by atoms with Gasteiger partial charge in [-0.3, -0.25) is 4.98 Å². The zero-order chi connectivity index (χ0) is 11.4. The number of hydrogen-bond donors (Lipinski definition) is 0. The van der Waals surface area contributed by atoms with E-state index in [2.05, 4.69) is 4.98 Å². The average Bonchev–Trinajstić information content (AvgIpc) is 2.20. The lowest BCUT2D eigenvalue weighted by Crippen LogP contribution is -2.03. The van der Waals surface area contributed by atoms with Crippen molar-refractivity contribution in [3.05, 3.63) is 28.8 Å². The van der Waals surface area contributed by atoms with Crippen molar-refractivity contribution in [2.24, 2.45) is 0 Å². The van der Waals surface area contributed by atoms with E-state index in [9.17, 15) is 13.2 Å². The molecule has 0 saturated heterocycles. The topological polar surface area (TPSA) is 36.7 Å². The van der Waals surface area contributed by atoms with Crippen molar-refractivity contribution in [3.8, 4) is 6.07 Å². The minimum atomic E-state index is -2.85. The molecule has 0 bridgehead atoms. The first-order chi connectivity index (χ1) is 7.10. The summed E-state index contributed by atoms with van der Waals surface area (Å²) in [5.41, 5.74) is -0.793. The summed E-state index contributed by atoms with van der Waals surface area (Å²) in [6, 6.07) is 2.37. The molecular weight excluding hydrogens is 229 g/mol. The van der Waals surface area contributed by atoms with E-state index in [1.165, 1.54) is 0 Å². The first kappa shape index (κ1) is 11.8. The molecule has 0 unspecified atom stereocenters. The molecule has 1 aromatic heterocycles. The van der Waals surface area contributed by atoms with Crippen molar-refractivity contribution in [2.75, 3.05) is 0 Å². The smallest absolute Gasteiger partial charge is 0.252 e. The van der Waals surface area contributed by atoms with E-state index in [4.69, 9.17) is 16.9 Å². The minimum absolute atomic E-state index is 0.119. The summed E-state index contributed by atoms with van der Waals surface area (Å²) in [7, 11) is 0. The lowest BCUT2D eigenvalue weighted by atomic mass is 10.1. The molecule has 80 valence electrons. The number of rotatable bonds is 3. The van der Waals surface area contributed by atoms with E-state index < -0.39 is 17.8 Å². The summed E-state index contributed by atoms with van der Waals surface area (Å²) in [6.45, 7) is 0. The van der Waals surface area contributed by atoms with E-state index in [0.29, 0.717) is 6.07 Å². The Kier molecular flexibility index (Phi) is 3.92. The van der Waals surface area contributed by atoms with E-state index in [0.717, 1.165) is 0 Å². The van der Waals surface area contributed by atoms with Crippen LogP contribution in [0.25, 0.3) is 0 Å². The van der Waals surface area contributed by atoms with Crippen molar-refractivity contribution >= 4 is 11.6 Å². The molecule has 15 heavy (non-hydrogen) atoms.